The van der Waals surface area contributed by atoms with Gasteiger partial charge in [-0.1, -0.05) is 0 Å². The van der Waals surface area contributed by atoms with Gasteiger partial charge in [0.05, 0.1) is 18.5 Å². The van der Waals surface area contributed by atoms with Crippen LogP contribution in [0.2, 0.25) is 0 Å². The lowest BCUT2D eigenvalue weighted by Gasteiger charge is -2.15. The van der Waals surface area contributed by atoms with Crippen molar-refractivity contribution in [3.63, 3.8) is 0 Å². The molecule has 3 heterocycles. The summed E-state index contributed by atoms with van der Waals surface area (Å²) >= 11 is 0. The third-order valence-corrected chi connectivity index (χ3v) is 4.13. The maximum absolute atomic E-state index is 5.15. The third kappa shape index (κ3) is 3.69. The first-order chi connectivity index (χ1) is 10.7. The van der Waals surface area contributed by atoms with Crippen LogP contribution in [-0.4, -0.2) is 58.4 Å². The average Bonchev–Trinajstić information content (AvgIpc) is 3.15. The van der Waals surface area contributed by atoms with Crippen LogP contribution in [-0.2, 0) is 11.2 Å². The molecule has 0 spiro atoms. The van der Waals surface area contributed by atoms with Crippen LogP contribution in [0.5, 0.6) is 0 Å². The second-order valence-corrected chi connectivity index (χ2v) is 5.98. The molecule has 6 nitrogen and oxygen atoms in total. The van der Waals surface area contributed by atoms with Crippen molar-refractivity contribution in [1.82, 2.24) is 25.1 Å². The molecular formula is C16H23N5O. The van der Waals surface area contributed by atoms with Gasteiger partial charge in [-0.3, -0.25) is 10.1 Å². The second-order valence-electron chi connectivity index (χ2n) is 5.98. The minimum absolute atomic E-state index is 0.655. The van der Waals surface area contributed by atoms with E-state index in [1.54, 1.807) is 13.3 Å². The van der Waals surface area contributed by atoms with Crippen molar-refractivity contribution in [3.8, 4) is 11.4 Å². The largest absolute Gasteiger partial charge is 0.383 e. The van der Waals surface area contributed by atoms with Crippen LogP contribution in [0.1, 0.15) is 17.8 Å². The summed E-state index contributed by atoms with van der Waals surface area (Å²) in [6.45, 7) is 6.09. The molecule has 2 aromatic heterocycles. The lowest BCUT2D eigenvalue weighted by molar-refractivity contribution is 0.159. The molecule has 1 aliphatic rings. The number of rotatable bonds is 6. The van der Waals surface area contributed by atoms with Crippen LogP contribution in [0.25, 0.3) is 11.4 Å². The zero-order valence-electron chi connectivity index (χ0n) is 13.2. The number of H-pyrrole nitrogens is 1. The highest BCUT2D eigenvalue weighted by Gasteiger charge is 2.22. The number of likely N-dealkylation sites (tertiary alicyclic amines) is 1. The summed E-state index contributed by atoms with van der Waals surface area (Å²) in [5, 5.41) is 7.20. The third-order valence-electron chi connectivity index (χ3n) is 4.13. The summed E-state index contributed by atoms with van der Waals surface area (Å²) in [6, 6.07) is 2.00. The van der Waals surface area contributed by atoms with Gasteiger partial charge < -0.3 is 9.64 Å². The first-order valence-electron chi connectivity index (χ1n) is 7.79. The average molecular weight is 301 g/mol. The first kappa shape index (κ1) is 15.1. The number of aromatic amines is 1. The summed E-state index contributed by atoms with van der Waals surface area (Å²) in [4.78, 5) is 11.5. The number of aromatic nitrogens is 4. The molecule has 1 N–H and O–H groups in total. The molecule has 118 valence electrons. The zero-order valence-corrected chi connectivity index (χ0v) is 13.2. The number of methoxy groups -OCH3 is 1. The molecule has 0 saturated carbocycles. The predicted molar refractivity (Wildman–Crippen MR) is 84.5 cm³/mol. The fraction of sp³-hybridized carbons (Fsp3) is 0.562. The molecule has 2 aromatic rings. The van der Waals surface area contributed by atoms with Gasteiger partial charge in [0.25, 0.3) is 0 Å². The van der Waals surface area contributed by atoms with Crippen molar-refractivity contribution >= 4 is 0 Å². The predicted octanol–water partition coefficient (Wildman–Crippen LogP) is 1.69. The van der Waals surface area contributed by atoms with E-state index in [1.807, 2.05) is 19.2 Å². The highest BCUT2D eigenvalue weighted by molar-refractivity contribution is 5.52. The molecule has 0 aliphatic carbocycles. The SMILES string of the molecule is COCCN1CC[C@H](Cc2cncc(-c3cc(C)[nH]n3)n2)C1. The van der Waals surface area contributed by atoms with E-state index in [9.17, 15) is 0 Å². The van der Waals surface area contributed by atoms with E-state index in [2.05, 4.69) is 20.1 Å². The van der Waals surface area contributed by atoms with E-state index in [-0.39, 0.29) is 0 Å². The molecule has 3 rings (SSSR count). The Morgan fingerprint density at radius 1 is 1.36 bits per heavy atom. The normalized spacial score (nSPS) is 18.9. The molecular weight excluding hydrogens is 278 g/mol. The molecule has 0 bridgehead atoms. The smallest absolute Gasteiger partial charge is 0.112 e. The Hall–Kier alpha value is -1.79. The molecule has 22 heavy (non-hydrogen) atoms. The summed E-state index contributed by atoms with van der Waals surface area (Å²) in [6.07, 6.45) is 5.85. The Labute approximate surface area is 130 Å². The van der Waals surface area contributed by atoms with Gasteiger partial charge in [0, 0.05) is 32.1 Å². The van der Waals surface area contributed by atoms with Crippen molar-refractivity contribution in [2.45, 2.75) is 19.8 Å². The zero-order chi connectivity index (χ0) is 15.4. The van der Waals surface area contributed by atoms with Gasteiger partial charge in [-0.2, -0.15) is 5.10 Å². The van der Waals surface area contributed by atoms with Gasteiger partial charge in [-0.25, -0.2) is 4.98 Å². The van der Waals surface area contributed by atoms with Crippen LogP contribution >= 0.6 is 0 Å². The number of ether oxygens (including phenoxy) is 1. The molecule has 1 atom stereocenters. The lowest BCUT2D eigenvalue weighted by atomic mass is 10.0. The quantitative estimate of drug-likeness (QED) is 0.879. The highest BCUT2D eigenvalue weighted by Crippen LogP contribution is 2.21. The van der Waals surface area contributed by atoms with Crippen LogP contribution < -0.4 is 0 Å². The Kier molecular flexibility index (Phi) is 4.80. The summed E-state index contributed by atoms with van der Waals surface area (Å²) < 4.78 is 5.15. The first-order valence-corrected chi connectivity index (χ1v) is 7.79. The Balaban J connectivity index is 1.62. The van der Waals surface area contributed by atoms with Crippen molar-refractivity contribution in [3.05, 3.63) is 29.8 Å². The van der Waals surface area contributed by atoms with Crippen molar-refractivity contribution in [1.29, 1.82) is 0 Å². The van der Waals surface area contributed by atoms with Gasteiger partial charge in [-0.15, -0.1) is 0 Å². The standard InChI is InChI=1S/C16H23N5O/c1-12-7-15(20-19-12)16-10-17-9-14(18-16)8-13-3-4-21(11-13)5-6-22-2/h7,9-10,13H,3-6,8,11H2,1-2H3,(H,19,20)/t13-/m1/s1. The number of hydrogen-bond acceptors (Lipinski definition) is 5. The fourth-order valence-electron chi connectivity index (χ4n) is 2.98. The topological polar surface area (TPSA) is 66.9 Å². The molecule has 1 saturated heterocycles. The van der Waals surface area contributed by atoms with Crippen LogP contribution in [0.3, 0.4) is 0 Å². The number of aryl methyl sites for hydroxylation is 1. The highest BCUT2D eigenvalue weighted by atomic mass is 16.5. The van der Waals surface area contributed by atoms with Crippen molar-refractivity contribution in [2.24, 2.45) is 5.92 Å². The van der Waals surface area contributed by atoms with Crippen LogP contribution in [0.15, 0.2) is 18.5 Å². The molecule has 6 heteroatoms. The lowest BCUT2D eigenvalue weighted by Crippen LogP contribution is -2.25. The minimum Gasteiger partial charge on any atom is -0.383 e. The fourth-order valence-corrected chi connectivity index (χ4v) is 2.98. The van der Waals surface area contributed by atoms with E-state index in [0.717, 1.165) is 55.4 Å². The van der Waals surface area contributed by atoms with Crippen LogP contribution in [0, 0.1) is 12.8 Å². The number of hydrogen-bond donors (Lipinski definition) is 1. The van der Waals surface area contributed by atoms with Crippen LogP contribution in [0.4, 0.5) is 0 Å². The van der Waals surface area contributed by atoms with Gasteiger partial charge in [0.15, 0.2) is 0 Å². The van der Waals surface area contributed by atoms with Gasteiger partial charge in [0.1, 0.15) is 11.4 Å². The molecule has 0 aromatic carbocycles. The van der Waals surface area contributed by atoms with E-state index in [1.165, 1.54) is 6.42 Å². The van der Waals surface area contributed by atoms with E-state index >= 15 is 0 Å². The second kappa shape index (κ2) is 6.98. The Bertz CT molecular complexity index is 612. The van der Waals surface area contributed by atoms with E-state index in [4.69, 9.17) is 9.72 Å². The minimum atomic E-state index is 0.655. The van der Waals surface area contributed by atoms with Crippen molar-refractivity contribution in [2.75, 3.05) is 33.4 Å². The van der Waals surface area contributed by atoms with E-state index < -0.39 is 0 Å². The Morgan fingerprint density at radius 3 is 3.05 bits per heavy atom. The summed E-state index contributed by atoms with van der Waals surface area (Å²) in [7, 11) is 1.76. The summed E-state index contributed by atoms with van der Waals surface area (Å²) in [5.74, 6) is 0.655. The maximum atomic E-state index is 5.15. The molecule has 0 amide bonds. The monoisotopic (exact) mass is 301 g/mol. The van der Waals surface area contributed by atoms with E-state index in [0.29, 0.717) is 5.92 Å². The molecule has 0 unspecified atom stereocenters. The molecule has 0 radical (unpaired) electrons. The van der Waals surface area contributed by atoms with Gasteiger partial charge in [0.2, 0.25) is 0 Å². The van der Waals surface area contributed by atoms with Gasteiger partial charge in [-0.05, 0) is 38.3 Å². The van der Waals surface area contributed by atoms with Gasteiger partial charge >= 0.3 is 0 Å². The summed E-state index contributed by atoms with van der Waals surface area (Å²) in [5.41, 5.74) is 3.79. The number of nitrogens with zero attached hydrogens (tertiary/aromatic N) is 4. The van der Waals surface area contributed by atoms with Crippen molar-refractivity contribution < 1.29 is 4.74 Å². The molecule has 1 fully saturated rings. The number of nitrogens with one attached hydrogen (secondary N) is 1. The maximum Gasteiger partial charge on any atom is 0.112 e. The molecule has 1 aliphatic heterocycles. The Morgan fingerprint density at radius 2 is 2.27 bits per heavy atom.